The molecule has 24 heavy (non-hydrogen) atoms. The normalized spacial score (nSPS) is 16.6. The van der Waals surface area contributed by atoms with E-state index in [0.717, 1.165) is 37.7 Å². The van der Waals surface area contributed by atoms with Crippen molar-refractivity contribution in [3.05, 3.63) is 54.4 Å². The Kier molecular flexibility index (Phi) is 5.38. The first-order valence-corrected chi connectivity index (χ1v) is 8.31. The molecular weight excluding hydrogens is 302 g/mol. The monoisotopic (exact) mass is 325 g/mol. The van der Waals surface area contributed by atoms with E-state index in [0.29, 0.717) is 6.54 Å². The molecule has 3 rings (SSSR count). The fourth-order valence-corrected chi connectivity index (χ4v) is 2.88. The molecule has 0 saturated carbocycles. The van der Waals surface area contributed by atoms with Gasteiger partial charge in [0.15, 0.2) is 0 Å². The number of benzene rings is 1. The van der Waals surface area contributed by atoms with Gasteiger partial charge in [-0.15, -0.1) is 0 Å². The smallest absolute Gasteiger partial charge is 0.234 e. The van der Waals surface area contributed by atoms with Crippen molar-refractivity contribution in [2.75, 3.05) is 37.6 Å². The molecule has 1 N–H and O–H groups in total. The van der Waals surface area contributed by atoms with Crippen LogP contribution in [0.4, 0.5) is 5.95 Å². The van der Waals surface area contributed by atoms with Crippen molar-refractivity contribution >= 4 is 11.9 Å². The SMILES string of the molecule is CC(NC(=O)CN1CCN(c2ncccn2)CC1)c1ccccc1. The first kappa shape index (κ1) is 16.4. The van der Waals surface area contributed by atoms with Crippen molar-refractivity contribution in [1.82, 2.24) is 20.2 Å². The molecule has 2 heterocycles. The van der Waals surface area contributed by atoms with Crippen LogP contribution >= 0.6 is 0 Å². The first-order chi connectivity index (χ1) is 11.7. The van der Waals surface area contributed by atoms with Gasteiger partial charge in [0, 0.05) is 38.6 Å². The molecule has 1 amide bonds. The molecule has 0 radical (unpaired) electrons. The van der Waals surface area contributed by atoms with Crippen LogP contribution in [0.5, 0.6) is 0 Å². The maximum Gasteiger partial charge on any atom is 0.234 e. The molecule has 126 valence electrons. The van der Waals surface area contributed by atoms with E-state index >= 15 is 0 Å². The van der Waals surface area contributed by atoms with Gasteiger partial charge in [0.2, 0.25) is 11.9 Å². The second-order valence-electron chi connectivity index (χ2n) is 6.01. The average molecular weight is 325 g/mol. The summed E-state index contributed by atoms with van der Waals surface area (Å²) in [5, 5.41) is 3.07. The fourth-order valence-electron chi connectivity index (χ4n) is 2.88. The number of carbonyl (C=O) groups excluding carboxylic acids is 1. The number of piperazine rings is 1. The van der Waals surface area contributed by atoms with Crippen LogP contribution < -0.4 is 10.2 Å². The summed E-state index contributed by atoms with van der Waals surface area (Å²) in [7, 11) is 0. The van der Waals surface area contributed by atoms with Crippen LogP contribution in [-0.4, -0.2) is 53.5 Å². The lowest BCUT2D eigenvalue weighted by Gasteiger charge is -2.34. The molecule has 6 nitrogen and oxygen atoms in total. The minimum atomic E-state index is 0.0257. The lowest BCUT2D eigenvalue weighted by molar-refractivity contribution is -0.123. The molecule has 2 aromatic rings. The molecule has 1 atom stereocenters. The number of aromatic nitrogens is 2. The van der Waals surface area contributed by atoms with Crippen molar-refractivity contribution < 1.29 is 4.79 Å². The molecule has 1 aromatic carbocycles. The molecular formula is C18H23N5O. The number of amides is 1. The molecule has 0 bridgehead atoms. The van der Waals surface area contributed by atoms with Crippen LogP contribution in [0.15, 0.2) is 48.8 Å². The predicted molar refractivity (Wildman–Crippen MR) is 93.7 cm³/mol. The number of hydrogen-bond acceptors (Lipinski definition) is 5. The lowest BCUT2D eigenvalue weighted by atomic mass is 10.1. The van der Waals surface area contributed by atoms with Crippen molar-refractivity contribution in [2.24, 2.45) is 0 Å². The van der Waals surface area contributed by atoms with Crippen LogP contribution in [0, 0.1) is 0 Å². The van der Waals surface area contributed by atoms with Gasteiger partial charge in [0.25, 0.3) is 0 Å². The number of nitrogens with one attached hydrogen (secondary N) is 1. The molecule has 1 fully saturated rings. The lowest BCUT2D eigenvalue weighted by Crippen LogP contribution is -2.50. The summed E-state index contributed by atoms with van der Waals surface area (Å²) in [6.07, 6.45) is 3.51. The van der Waals surface area contributed by atoms with E-state index in [1.807, 2.05) is 43.3 Å². The van der Waals surface area contributed by atoms with E-state index in [4.69, 9.17) is 0 Å². The Balaban J connectivity index is 1.45. The highest BCUT2D eigenvalue weighted by molar-refractivity contribution is 5.78. The minimum absolute atomic E-state index is 0.0257. The van der Waals surface area contributed by atoms with Crippen molar-refractivity contribution in [3.63, 3.8) is 0 Å². The molecule has 1 aliphatic heterocycles. The number of carbonyl (C=O) groups is 1. The Hall–Kier alpha value is -2.47. The summed E-state index contributed by atoms with van der Waals surface area (Å²) in [5.74, 6) is 0.829. The average Bonchev–Trinajstić information content (AvgIpc) is 2.64. The molecule has 0 spiro atoms. The Morgan fingerprint density at radius 3 is 2.42 bits per heavy atom. The van der Waals surface area contributed by atoms with E-state index in [9.17, 15) is 4.79 Å². The second kappa shape index (κ2) is 7.88. The molecule has 0 aliphatic carbocycles. The third-order valence-corrected chi connectivity index (χ3v) is 4.25. The number of nitrogens with zero attached hydrogens (tertiary/aromatic N) is 4. The molecule has 1 aromatic heterocycles. The zero-order valence-electron chi connectivity index (χ0n) is 13.9. The van der Waals surface area contributed by atoms with Gasteiger partial charge < -0.3 is 10.2 Å². The van der Waals surface area contributed by atoms with Crippen LogP contribution in [0.2, 0.25) is 0 Å². The maximum absolute atomic E-state index is 12.3. The summed E-state index contributed by atoms with van der Waals surface area (Å²) < 4.78 is 0. The highest BCUT2D eigenvalue weighted by Crippen LogP contribution is 2.12. The first-order valence-electron chi connectivity index (χ1n) is 8.31. The number of anilines is 1. The Morgan fingerprint density at radius 2 is 1.75 bits per heavy atom. The van der Waals surface area contributed by atoms with Crippen molar-refractivity contribution in [3.8, 4) is 0 Å². The standard InChI is InChI=1S/C18H23N5O/c1-15(16-6-3-2-4-7-16)21-17(24)14-22-10-12-23(13-11-22)18-19-8-5-9-20-18/h2-9,15H,10-14H2,1H3,(H,21,24). The van der Waals surface area contributed by atoms with Gasteiger partial charge >= 0.3 is 0 Å². The molecule has 1 saturated heterocycles. The van der Waals surface area contributed by atoms with E-state index < -0.39 is 0 Å². The summed E-state index contributed by atoms with van der Waals surface area (Å²) in [6.45, 7) is 5.80. The number of rotatable bonds is 5. The summed E-state index contributed by atoms with van der Waals surface area (Å²) >= 11 is 0. The highest BCUT2D eigenvalue weighted by Gasteiger charge is 2.21. The third-order valence-electron chi connectivity index (χ3n) is 4.25. The van der Waals surface area contributed by atoms with Gasteiger partial charge in [-0.25, -0.2) is 9.97 Å². The fraction of sp³-hybridized carbons (Fsp3) is 0.389. The topological polar surface area (TPSA) is 61.4 Å². The molecule has 1 unspecified atom stereocenters. The Bertz CT molecular complexity index is 641. The van der Waals surface area contributed by atoms with Gasteiger partial charge in [-0.05, 0) is 18.6 Å². The van der Waals surface area contributed by atoms with E-state index in [1.165, 1.54) is 0 Å². The second-order valence-corrected chi connectivity index (χ2v) is 6.01. The van der Waals surface area contributed by atoms with Gasteiger partial charge in [-0.3, -0.25) is 9.69 Å². The largest absolute Gasteiger partial charge is 0.348 e. The summed E-state index contributed by atoms with van der Waals surface area (Å²) in [4.78, 5) is 25.1. The summed E-state index contributed by atoms with van der Waals surface area (Å²) in [5.41, 5.74) is 1.12. The highest BCUT2D eigenvalue weighted by atomic mass is 16.2. The predicted octanol–water partition coefficient (Wildman–Crippen LogP) is 1.48. The van der Waals surface area contributed by atoms with E-state index in [1.54, 1.807) is 12.4 Å². The number of hydrogen-bond donors (Lipinski definition) is 1. The van der Waals surface area contributed by atoms with Crippen LogP contribution in [0.3, 0.4) is 0 Å². The Labute approximate surface area is 142 Å². The minimum Gasteiger partial charge on any atom is -0.348 e. The van der Waals surface area contributed by atoms with Gasteiger partial charge in [-0.2, -0.15) is 0 Å². The van der Waals surface area contributed by atoms with Crippen LogP contribution in [0.1, 0.15) is 18.5 Å². The maximum atomic E-state index is 12.3. The zero-order valence-corrected chi connectivity index (χ0v) is 13.9. The van der Waals surface area contributed by atoms with Crippen LogP contribution in [-0.2, 0) is 4.79 Å². The zero-order chi connectivity index (χ0) is 16.8. The Morgan fingerprint density at radius 1 is 1.08 bits per heavy atom. The van der Waals surface area contributed by atoms with Crippen molar-refractivity contribution in [1.29, 1.82) is 0 Å². The third kappa shape index (κ3) is 4.29. The van der Waals surface area contributed by atoms with Crippen LogP contribution in [0.25, 0.3) is 0 Å². The van der Waals surface area contributed by atoms with E-state index in [2.05, 4.69) is 25.1 Å². The van der Waals surface area contributed by atoms with Gasteiger partial charge in [0.05, 0.1) is 12.6 Å². The van der Waals surface area contributed by atoms with Gasteiger partial charge in [0.1, 0.15) is 0 Å². The van der Waals surface area contributed by atoms with E-state index in [-0.39, 0.29) is 11.9 Å². The summed E-state index contributed by atoms with van der Waals surface area (Å²) in [6, 6.07) is 11.9. The quantitative estimate of drug-likeness (QED) is 0.902. The van der Waals surface area contributed by atoms with Gasteiger partial charge in [-0.1, -0.05) is 30.3 Å². The van der Waals surface area contributed by atoms with Crippen molar-refractivity contribution in [2.45, 2.75) is 13.0 Å². The molecule has 6 heteroatoms. The molecule has 1 aliphatic rings.